The van der Waals surface area contributed by atoms with E-state index in [9.17, 15) is 14.9 Å². The first-order valence-corrected chi connectivity index (χ1v) is 6.55. The topological polar surface area (TPSA) is 81.9 Å². The van der Waals surface area contributed by atoms with Gasteiger partial charge in [0.2, 0.25) is 0 Å². The van der Waals surface area contributed by atoms with Crippen LogP contribution in [-0.2, 0) is 4.74 Å². The molecule has 0 saturated heterocycles. The number of nitro benzene ring substituents is 1. The van der Waals surface area contributed by atoms with Crippen molar-refractivity contribution in [1.82, 2.24) is 4.90 Å². The smallest absolute Gasteiger partial charge is 0.310 e. The van der Waals surface area contributed by atoms with E-state index in [0.29, 0.717) is 18.7 Å². The van der Waals surface area contributed by atoms with Crippen molar-refractivity contribution in [3.05, 3.63) is 33.9 Å². The van der Waals surface area contributed by atoms with E-state index in [1.54, 1.807) is 7.05 Å². The molecule has 1 atom stereocenters. The van der Waals surface area contributed by atoms with Crippen LogP contribution >= 0.6 is 11.6 Å². The van der Waals surface area contributed by atoms with Crippen molar-refractivity contribution in [2.75, 3.05) is 34.4 Å². The molecule has 0 aliphatic heterocycles. The fourth-order valence-corrected chi connectivity index (χ4v) is 2.13. The first-order chi connectivity index (χ1) is 9.90. The van der Waals surface area contributed by atoms with E-state index in [1.165, 1.54) is 37.3 Å². The molecule has 1 rings (SSSR count). The van der Waals surface area contributed by atoms with E-state index in [-0.39, 0.29) is 22.7 Å². The molecule has 21 heavy (non-hydrogen) atoms. The van der Waals surface area contributed by atoms with E-state index in [1.807, 2.05) is 0 Å². The second-order valence-electron chi connectivity index (χ2n) is 4.38. The Bertz CT molecular complexity index is 523. The summed E-state index contributed by atoms with van der Waals surface area (Å²) in [5.74, 6) is -0.261. The maximum atomic E-state index is 12.2. The number of ether oxygens (including phenoxy) is 2. The first kappa shape index (κ1) is 17.2. The number of benzene rings is 1. The average molecular weight is 317 g/mol. The van der Waals surface area contributed by atoms with Crippen LogP contribution in [0.3, 0.4) is 0 Å². The minimum Gasteiger partial charge on any atom is -0.490 e. The monoisotopic (exact) mass is 316 g/mol. The molecule has 0 aliphatic carbocycles. The minimum absolute atomic E-state index is 0.0403. The molecule has 8 heteroatoms. The molecule has 1 amide bonds. The van der Waals surface area contributed by atoms with Gasteiger partial charge in [-0.05, 0) is 6.07 Å². The lowest BCUT2D eigenvalue weighted by atomic mass is 10.1. The molecule has 1 aromatic carbocycles. The van der Waals surface area contributed by atoms with Crippen LogP contribution in [0.5, 0.6) is 5.75 Å². The number of hydrogen-bond acceptors (Lipinski definition) is 5. The maximum absolute atomic E-state index is 12.2. The zero-order valence-corrected chi connectivity index (χ0v) is 12.8. The van der Waals surface area contributed by atoms with Gasteiger partial charge in [0, 0.05) is 38.4 Å². The van der Waals surface area contributed by atoms with E-state index in [4.69, 9.17) is 21.1 Å². The fourth-order valence-electron chi connectivity index (χ4n) is 1.80. The number of nitro groups is 1. The van der Waals surface area contributed by atoms with Crippen molar-refractivity contribution >= 4 is 23.2 Å². The van der Waals surface area contributed by atoms with Crippen molar-refractivity contribution < 1.29 is 19.2 Å². The minimum atomic E-state index is -0.565. The molecule has 116 valence electrons. The summed E-state index contributed by atoms with van der Waals surface area (Å²) in [5.41, 5.74) is 0.104. The molecule has 0 saturated carbocycles. The van der Waals surface area contributed by atoms with Crippen molar-refractivity contribution in [3.8, 4) is 5.75 Å². The number of hydrogen-bond donors (Lipinski definition) is 0. The van der Waals surface area contributed by atoms with E-state index in [2.05, 4.69) is 0 Å². The van der Waals surface area contributed by atoms with Crippen molar-refractivity contribution in [3.63, 3.8) is 0 Å². The van der Waals surface area contributed by atoms with E-state index in [0.717, 1.165) is 0 Å². The highest BCUT2D eigenvalue weighted by Crippen LogP contribution is 2.27. The average Bonchev–Trinajstić information content (AvgIpc) is 2.45. The van der Waals surface area contributed by atoms with Gasteiger partial charge in [0.25, 0.3) is 5.91 Å². The van der Waals surface area contributed by atoms with Crippen molar-refractivity contribution in [2.24, 2.45) is 0 Å². The number of halogens is 1. The summed E-state index contributed by atoms with van der Waals surface area (Å²) in [4.78, 5) is 23.9. The molecule has 7 nitrogen and oxygen atoms in total. The van der Waals surface area contributed by atoms with Crippen LogP contribution in [0.4, 0.5) is 5.69 Å². The quantitative estimate of drug-likeness (QED) is 0.436. The standard InChI is InChI=1S/C13H17ClN2O5/c1-15(7-10(14)8-20-2)13(17)9-4-5-11(16(18)19)12(6-9)21-3/h4-6,10H,7-8H2,1-3H3. The van der Waals surface area contributed by atoms with E-state index >= 15 is 0 Å². The summed E-state index contributed by atoms with van der Waals surface area (Å²) >= 11 is 6.00. The van der Waals surface area contributed by atoms with Crippen LogP contribution < -0.4 is 4.74 Å². The predicted octanol–water partition coefficient (Wildman–Crippen LogP) is 1.93. The molecular formula is C13H17ClN2O5. The highest BCUT2D eigenvalue weighted by Gasteiger charge is 2.20. The molecule has 1 aromatic rings. The summed E-state index contributed by atoms with van der Waals surface area (Å²) in [6.07, 6.45) is 0. The largest absolute Gasteiger partial charge is 0.490 e. The summed E-state index contributed by atoms with van der Waals surface area (Å²) < 4.78 is 9.84. The number of rotatable bonds is 7. The lowest BCUT2D eigenvalue weighted by Gasteiger charge is -2.20. The van der Waals surface area contributed by atoms with Gasteiger partial charge in [0.05, 0.1) is 24.0 Å². The summed E-state index contributed by atoms with van der Waals surface area (Å²) in [6.45, 7) is 0.621. The maximum Gasteiger partial charge on any atom is 0.310 e. The lowest BCUT2D eigenvalue weighted by Crippen LogP contribution is -2.33. The van der Waals surface area contributed by atoms with Crippen LogP contribution in [0.25, 0.3) is 0 Å². The third-order valence-electron chi connectivity index (χ3n) is 2.79. The summed E-state index contributed by atoms with van der Waals surface area (Å²) in [6, 6.07) is 3.98. The van der Waals surface area contributed by atoms with Gasteiger partial charge in [-0.2, -0.15) is 0 Å². The highest BCUT2D eigenvalue weighted by atomic mass is 35.5. The zero-order chi connectivity index (χ0) is 16.0. The van der Waals surface area contributed by atoms with Gasteiger partial charge < -0.3 is 14.4 Å². The number of amides is 1. The predicted molar refractivity (Wildman–Crippen MR) is 78.1 cm³/mol. The number of carbonyl (C=O) groups is 1. The number of methoxy groups -OCH3 is 2. The van der Waals surface area contributed by atoms with Gasteiger partial charge in [-0.3, -0.25) is 14.9 Å². The Labute approximate surface area is 127 Å². The highest BCUT2D eigenvalue weighted by molar-refractivity contribution is 6.21. The fraction of sp³-hybridized carbons (Fsp3) is 0.462. The Morgan fingerprint density at radius 1 is 1.48 bits per heavy atom. The Morgan fingerprint density at radius 3 is 2.67 bits per heavy atom. The molecule has 0 spiro atoms. The van der Waals surface area contributed by atoms with Crippen LogP contribution in [0.1, 0.15) is 10.4 Å². The second kappa shape index (κ2) is 7.80. The molecule has 0 radical (unpaired) electrons. The van der Waals surface area contributed by atoms with Gasteiger partial charge in [-0.15, -0.1) is 11.6 Å². The van der Waals surface area contributed by atoms with Crippen LogP contribution in [-0.4, -0.2) is 55.5 Å². The van der Waals surface area contributed by atoms with Gasteiger partial charge >= 0.3 is 5.69 Å². The molecule has 0 aliphatic rings. The number of nitrogens with zero attached hydrogens (tertiary/aromatic N) is 2. The zero-order valence-electron chi connectivity index (χ0n) is 12.0. The molecular weight excluding hydrogens is 300 g/mol. The van der Waals surface area contributed by atoms with Crippen LogP contribution in [0.2, 0.25) is 0 Å². The Hall–Kier alpha value is -1.86. The van der Waals surface area contributed by atoms with Gasteiger partial charge in [0.1, 0.15) is 0 Å². The third kappa shape index (κ3) is 4.57. The first-order valence-electron chi connectivity index (χ1n) is 6.11. The lowest BCUT2D eigenvalue weighted by molar-refractivity contribution is -0.385. The van der Waals surface area contributed by atoms with Crippen LogP contribution in [0, 0.1) is 10.1 Å². The number of carbonyl (C=O) groups excluding carboxylic acids is 1. The SMILES string of the molecule is COCC(Cl)CN(C)C(=O)c1ccc([N+](=O)[O-])c(OC)c1. The summed E-state index contributed by atoms with van der Waals surface area (Å²) in [7, 11) is 4.44. The Balaban J connectivity index is 2.89. The molecule has 0 N–H and O–H groups in total. The normalized spacial score (nSPS) is 11.8. The summed E-state index contributed by atoms with van der Waals surface area (Å²) in [5, 5.41) is 10.5. The molecule has 1 unspecified atom stereocenters. The van der Waals surface area contributed by atoms with Crippen LogP contribution in [0.15, 0.2) is 18.2 Å². The molecule has 0 fully saturated rings. The number of alkyl halides is 1. The van der Waals surface area contributed by atoms with E-state index < -0.39 is 4.92 Å². The van der Waals surface area contributed by atoms with Crippen molar-refractivity contribution in [1.29, 1.82) is 0 Å². The third-order valence-corrected chi connectivity index (χ3v) is 3.05. The van der Waals surface area contributed by atoms with Gasteiger partial charge in [-0.25, -0.2) is 0 Å². The Kier molecular flexibility index (Phi) is 6.39. The molecule has 0 heterocycles. The Morgan fingerprint density at radius 2 is 2.14 bits per heavy atom. The molecule has 0 aromatic heterocycles. The second-order valence-corrected chi connectivity index (χ2v) is 5.00. The van der Waals surface area contributed by atoms with Gasteiger partial charge in [-0.1, -0.05) is 0 Å². The van der Waals surface area contributed by atoms with Gasteiger partial charge in [0.15, 0.2) is 5.75 Å². The molecule has 0 bridgehead atoms. The van der Waals surface area contributed by atoms with Crippen molar-refractivity contribution in [2.45, 2.75) is 5.38 Å².